The number of benzene rings is 8. The summed E-state index contributed by atoms with van der Waals surface area (Å²) in [6, 6.07) is 66.0. The summed E-state index contributed by atoms with van der Waals surface area (Å²) in [5, 5.41) is 23.2. The van der Waals surface area contributed by atoms with Crippen LogP contribution in [0.3, 0.4) is 0 Å². The van der Waals surface area contributed by atoms with Crippen LogP contribution in [0.5, 0.6) is 11.5 Å². The van der Waals surface area contributed by atoms with Gasteiger partial charge in [0.2, 0.25) is 11.8 Å². The molecule has 10 rings (SSSR count). The van der Waals surface area contributed by atoms with Crippen molar-refractivity contribution >= 4 is 23.2 Å². The van der Waals surface area contributed by atoms with Gasteiger partial charge in [-0.1, -0.05) is 277 Å². The fourth-order valence-corrected chi connectivity index (χ4v) is 13.0. The minimum absolute atomic E-state index is 0.0290. The van der Waals surface area contributed by atoms with Crippen LogP contribution in [-0.4, -0.2) is 35.1 Å². The first-order chi connectivity index (χ1) is 38.8. The van der Waals surface area contributed by atoms with Gasteiger partial charge >= 0.3 is 0 Å². The highest BCUT2D eigenvalue weighted by Crippen LogP contribution is 2.59. The van der Waals surface area contributed by atoms with Gasteiger partial charge in [-0.25, -0.2) is 0 Å². The van der Waals surface area contributed by atoms with Crippen molar-refractivity contribution in [1.29, 1.82) is 0 Å². The van der Waals surface area contributed by atoms with Crippen LogP contribution < -0.4 is 9.80 Å². The van der Waals surface area contributed by atoms with Gasteiger partial charge in [-0.2, -0.15) is 0 Å². The fraction of sp³-hybridized carbons (Fsp3) is 0.289. The van der Waals surface area contributed by atoms with E-state index in [9.17, 15) is 10.2 Å². The number of hydrogen-bond donors (Lipinski definition) is 2. The smallest absolute Gasteiger partial charge is 0.243 e. The zero-order valence-corrected chi connectivity index (χ0v) is 50.2. The molecule has 4 atom stereocenters. The Kier molecular flexibility index (Phi) is 15.9. The summed E-state index contributed by atoms with van der Waals surface area (Å²) in [4.78, 5) is 34.0. The monoisotopic (exact) mass is 1090 g/mol. The van der Waals surface area contributed by atoms with Gasteiger partial charge in [-0.3, -0.25) is 9.59 Å². The average molecular weight is 1090 g/mol. The lowest BCUT2D eigenvalue weighted by Crippen LogP contribution is -2.46. The van der Waals surface area contributed by atoms with Gasteiger partial charge in [0.25, 0.3) is 0 Å². The highest BCUT2D eigenvalue weighted by molar-refractivity contribution is 6.13. The quantitative estimate of drug-likeness (QED) is 0.119. The summed E-state index contributed by atoms with van der Waals surface area (Å²) in [6.07, 6.45) is 3.59. The number of hydrogen-bond acceptors (Lipinski definition) is 4. The first-order valence-corrected chi connectivity index (χ1v) is 28.9. The van der Waals surface area contributed by atoms with Crippen molar-refractivity contribution in [3.8, 4) is 11.5 Å². The number of carbonyl (C=O) groups is 2. The van der Waals surface area contributed by atoms with E-state index in [1.165, 1.54) is 0 Å². The maximum absolute atomic E-state index is 15.1. The van der Waals surface area contributed by atoms with Crippen molar-refractivity contribution in [2.75, 3.05) is 22.9 Å². The van der Waals surface area contributed by atoms with E-state index in [1.807, 2.05) is 119 Å². The summed E-state index contributed by atoms with van der Waals surface area (Å²) in [5.74, 6) is -0.000989. The summed E-state index contributed by atoms with van der Waals surface area (Å²) in [7, 11) is 0. The number of carbonyl (C=O) groups excluding carboxylic acids is 2. The third-order valence-corrected chi connectivity index (χ3v) is 16.8. The molecule has 2 N–H and O–H groups in total. The molecule has 420 valence electrons. The third-order valence-electron chi connectivity index (χ3n) is 16.8. The second-order valence-electron chi connectivity index (χ2n) is 26.4. The molecule has 0 bridgehead atoms. The van der Waals surface area contributed by atoms with E-state index < -0.39 is 10.8 Å². The summed E-state index contributed by atoms with van der Waals surface area (Å²) in [5.41, 5.74) is 9.98. The number of rotatable bonds is 12. The first kappa shape index (κ1) is 58.4. The largest absolute Gasteiger partial charge is 0.507 e. The van der Waals surface area contributed by atoms with E-state index in [-0.39, 0.29) is 45.3 Å². The lowest BCUT2D eigenvalue weighted by molar-refractivity contribution is -0.123. The first-order valence-electron chi connectivity index (χ1n) is 28.9. The molecule has 2 aliphatic heterocycles. The van der Waals surface area contributed by atoms with Crippen molar-refractivity contribution < 1.29 is 19.8 Å². The number of aromatic hydroxyl groups is 2. The molecule has 82 heavy (non-hydrogen) atoms. The van der Waals surface area contributed by atoms with Crippen LogP contribution in [-0.2, 0) is 42.1 Å². The molecule has 0 unspecified atom stereocenters. The standard InChI is InChI=1S/2C38H41NO2/c2*1-8-23-39-32-22-16-15-21-29(32)38(35(39)41,28-19-13-10-14-20-28)33(26-17-11-9-12-18-26)27-24-30(36(2,3)4)34(40)31(25-27)37(5,6)7/h2*8-22,24-25,33,40H,1,23H2,2-7H3/t2*33-,38+/m11/s1. The van der Waals surface area contributed by atoms with Gasteiger partial charge in [0.05, 0.1) is 0 Å². The highest BCUT2D eigenvalue weighted by atomic mass is 16.3. The Bertz CT molecular complexity index is 3320. The van der Waals surface area contributed by atoms with Crippen molar-refractivity contribution in [1.82, 2.24) is 0 Å². The van der Waals surface area contributed by atoms with Crippen LogP contribution in [0.15, 0.2) is 219 Å². The topological polar surface area (TPSA) is 81.1 Å². The lowest BCUT2D eigenvalue weighted by atomic mass is 9.61. The Labute approximate surface area is 488 Å². The zero-order valence-electron chi connectivity index (χ0n) is 50.2. The molecular formula is C76H82N2O4. The number of phenolic OH excluding ortho intramolecular Hbond substituents is 2. The molecule has 0 saturated heterocycles. The number of amides is 2. The number of phenols is 2. The maximum Gasteiger partial charge on any atom is 0.243 e. The minimum Gasteiger partial charge on any atom is -0.507 e. The Morgan fingerprint density at radius 1 is 0.390 bits per heavy atom. The lowest BCUT2D eigenvalue weighted by Gasteiger charge is -2.39. The normalized spacial score (nSPS) is 17.8. The fourth-order valence-electron chi connectivity index (χ4n) is 13.0. The Balaban J connectivity index is 0.000000198. The Morgan fingerprint density at radius 2 is 0.646 bits per heavy atom. The van der Waals surface area contributed by atoms with Crippen molar-refractivity contribution in [2.24, 2.45) is 0 Å². The van der Waals surface area contributed by atoms with E-state index in [0.29, 0.717) is 24.6 Å². The maximum atomic E-state index is 15.1. The molecule has 0 saturated carbocycles. The van der Waals surface area contributed by atoms with Gasteiger partial charge in [-0.05, 0) is 101 Å². The van der Waals surface area contributed by atoms with Gasteiger partial charge in [-0.15, -0.1) is 13.2 Å². The van der Waals surface area contributed by atoms with Gasteiger partial charge in [0, 0.05) is 36.3 Å². The van der Waals surface area contributed by atoms with Crippen LogP contribution in [0.25, 0.3) is 0 Å². The molecule has 0 spiro atoms. The molecule has 0 fully saturated rings. The minimum atomic E-state index is -1.04. The van der Waals surface area contributed by atoms with Crippen molar-refractivity contribution in [2.45, 2.75) is 127 Å². The van der Waals surface area contributed by atoms with Gasteiger partial charge < -0.3 is 20.0 Å². The number of para-hydroxylation sites is 2. The van der Waals surface area contributed by atoms with E-state index in [1.54, 1.807) is 12.2 Å². The van der Waals surface area contributed by atoms with Crippen LogP contribution >= 0.6 is 0 Å². The summed E-state index contributed by atoms with van der Waals surface area (Å²) < 4.78 is 0. The van der Waals surface area contributed by atoms with Crippen LogP contribution in [0, 0.1) is 0 Å². The molecule has 0 aliphatic carbocycles. The second-order valence-corrected chi connectivity index (χ2v) is 26.4. The zero-order chi connectivity index (χ0) is 59.2. The van der Waals surface area contributed by atoms with Crippen LogP contribution in [0.1, 0.15) is 162 Å². The van der Waals surface area contributed by atoms with Gasteiger partial charge in [0.1, 0.15) is 22.3 Å². The molecule has 2 aliphatic rings. The molecule has 8 aromatic carbocycles. The van der Waals surface area contributed by atoms with Gasteiger partial charge in [0.15, 0.2) is 0 Å². The molecule has 8 aromatic rings. The molecule has 0 radical (unpaired) electrons. The predicted octanol–water partition coefficient (Wildman–Crippen LogP) is 17.3. The number of anilines is 2. The Hall–Kier alpha value is -8.22. The molecule has 2 heterocycles. The highest BCUT2D eigenvalue weighted by Gasteiger charge is 2.59. The van der Waals surface area contributed by atoms with E-state index in [4.69, 9.17) is 0 Å². The number of fused-ring (bicyclic) bond motifs is 2. The van der Waals surface area contributed by atoms with E-state index in [2.05, 4.69) is 181 Å². The SMILES string of the molecule is C=CCN1C(=O)[C@](c2ccccc2)([C@H](c2ccccc2)c2cc(C(C)(C)C)c(O)c(C(C)(C)C)c2)c2ccccc21.C=CCN1C(=O)[C@](c2ccccc2)([C@H](c2ccccc2)c2cc(C(C)(C)C)c(O)c(C(C)(C)C)c2)c2ccccc21. The average Bonchev–Trinajstić information content (AvgIpc) is 1.63. The van der Waals surface area contributed by atoms with E-state index in [0.717, 1.165) is 78.1 Å². The second kappa shape index (κ2) is 22.3. The van der Waals surface area contributed by atoms with Crippen LogP contribution in [0.4, 0.5) is 11.4 Å². The molecule has 6 heteroatoms. The molecule has 2 amide bonds. The third kappa shape index (κ3) is 10.2. The molecule has 0 aromatic heterocycles. The van der Waals surface area contributed by atoms with E-state index >= 15 is 9.59 Å². The van der Waals surface area contributed by atoms with Crippen LogP contribution in [0.2, 0.25) is 0 Å². The number of nitrogens with zero attached hydrogens (tertiary/aromatic N) is 2. The predicted molar refractivity (Wildman–Crippen MR) is 340 cm³/mol. The van der Waals surface area contributed by atoms with Crippen molar-refractivity contribution in [3.63, 3.8) is 0 Å². The van der Waals surface area contributed by atoms with Crippen molar-refractivity contribution in [3.05, 3.63) is 286 Å². The Morgan fingerprint density at radius 3 is 0.915 bits per heavy atom. The summed E-state index contributed by atoms with van der Waals surface area (Å²) in [6.45, 7) is 34.3. The molecule has 6 nitrogen and oxygen atoms in total. The molecular weight excluding hydrogens is 1000 g/mol. The summed E-state index contributed by atoms with van der Waals surface area (Å²) >= 11 is 0.